The summed E-state index contributed by atoms with van der Waals surface area (Å²) in [4.78, 5) is 9.73. The predicted octanol–water partition coefficient (Wildman–Crippen LogP) is 2.74. The van der Waals surface area contributed by atoms with E-state index >= 15 is 0 Å². The Kier molecular flexibility index (Phi) is 5.86. The van der Waals surface area contributed by atoms with Crippen molar-refractivity contribution in [2.45, 2.75) is 20.8 Å². The lowest BCUT2D eigenvalue weighted by Crippen LogP contribution is -1.86. The van der Waals surface area contributed by atoms with Crippen molar-refractivity contribution in [3.63, 3.8) is 0 Å². The van der Waals surface area contributed by atoms with E-state index in [9.17, 15) is 4.79 Å². The molecule has 0 heterocycles. The molecule has 0 unspecified atom stereocenters. The summed E-state index contributed by atoms with van der Waals surface area (Å²) in [5.74, 6) is -0.507. The molecular weight excluding hydrogens is 192 g/mol. The Hall–Kier alpha value is -1.77. The summed E-state index contributed by atoms with van der Waals surface area (Å²) in [5, 5.41) is 16.9. The number of carbonyl (C=O) groups is 1. The predicted molar refractivity (Wildman–Crippen MR) is 59.9 cm³/mol. The van der Waals surface area contributed by atoms with Gasteiger partial charge in [0.05, 0.1) is 0 Å². The molecule has 0 spiro atoms. The standard InChI is InChI=1S/C7H8O.C5H8O2/c1-6-4-2-3-5-7(6)8;1-4(2)3-5(6)7/h2-5,8H,1H3;3H,1-2H3,(H,6,7). The molecule has 0 aromatic heterocycles. The molecule has 0 bridgehead atoms. The zero-order chi connectivity index (χ0) is 11.8. The topological polar surface area (TPSA) is 57.5 Å². The monoisotopic (exact) mass is 208 g/mol. The van der Waals surface area contributed by atoms with Crippen LogP contribution in [-0.2, 0) is 4.79 Å². The van der Waals surface area contributed by atoms with Crippen LogP contribution in [0, 0.1) is 6.92 Å². The molecule has 0 amide bonds. The minimum absolute atomic E-state index is 0.368. The molecule has 0 fully saturated rings. The van der Waals surface area contributed by atoms with Crippen LogP contribution >= 0.6 is 0 Å². The van der Waals surface area contributed by atoms with Crippen LogP contribution in [0.3, 0.4) is 0 Å². The molecule has 1 aromatic rings. The lowest BCUT2D eigenvalue weighted by molar-refractivity contribution is -0.131. The van der Waals surface area contributed by atoms with Gasteiger partial charge in [-0.25, -0.2) is 4.79 Å². The highest BCUT2D eigenvalue weighted by Gasteiger charge is 1.87. The molecule has 3 nitrogen and oxygen atoms in total. The Morgan fingerprint density at radius 1 is 1.27 bits per heavy atom. The molecule has 0 saturated carbocycles. The van der Waals surface area contributed by atoms with Crippen molar-refractivity contribution in [3.8, 4) is 5.75 Å². The highest BCUT2D eigenvalue weighted by molar-refractivity contribution is 5.80. The summed E-state index contributed by atoms with van der Waals surface area (Å²) >= 11 is 0. The van der Waals surface area contributed by atoms with E-state index in [0.717, 1.165) is 11.1 Å². The number of phenols is 1. The number of rotatable bonds is 1. The second kappa shape index (κ2) is 6.65. The van der Waals surface area contributed by atoms with Gasteiger partial charge in [-0.3, -0.25) is 0 Å². The van der Waals surface area contributed by atoms with Crippen molar-refractivity contribution < 1.29 is 15.0 Å². The third-order valence-corrected chi connectivity index (χ3v) is 1.53. The van der Waals surface area contributed by atoms with Crippen LogP contribution in [-0.4, -0.2) is 16.2 Å². The van der Waals surface area contributed by atoms with E-state index < -0.39 is 5.97 Å². The van der Waals surface area contributed by atoms with Gasteiger partial charge in [0.1, 0.15) is 5.75 Å². The Balaban J connectivity index is 0.000000265. The summed E-state index contributed by atoms with van der Waals surface area (Å²) < 4.78 is 0. The van der Waals surface area contributed by atoms with Gasteiger partial charge in [-0.15, -0.1) is 0 Å². The number of aryl methyl sites for hydroxylation is 1. The van der Waals surface area contributed by atoms with E-state index in [1.54, 1.807) is 19.9 Å². The summed E-state index contributed by atoms with van der Waals surface area (Å²) in [6.45, 7) is 5.36. The fourth-order valence-corrected chi connectivity index (χ4v) is 0.810. The van der Waals surface area contributed by atoms with Crippen molar-refractivity contribution in [2.24, 2.45) is 0 Å². The molecule has 2 N–H and O–H groups in total. The fourth-order valence-electron chi connectivity index (χ4n) is 0.810. The number of aliphatic carboxylic acids is 1. The molecule has 0 saturated heterocycles. The maximum absolute atomic E-state index is 9.73. The zero-order valence-electron chi connectivity index (χ0n) is 9.19. The summed E-state index contributed by atoms with van der Waals surface area (Å²) in [5.41, 5.74) is 1.74. The molecule has 0 atom stereocenters. The van der Waals surface area contributed by atoms with E-state index in [1.807, 2.05) is 25.1 Å². The van der Waals surface area contributed by atoms with Crippen LogP contribution in [0.4, 0.5) is 0 Å². The SMILES string of the molecule is CC(C)=CC(=O)O.Cc1ccccc1O. The maximum atomic E-state index is 9.73. The molecule has 0 aliphatic carbocycles. The Morgan fingerprint density at radius 3 is 2.00 bits per heavy atom. The number of para-hydroxylation sites is 1. The first kappa shape index (κ1) is 13.2. The van der Waals surface area contributed by atoms with Crippen LogP contribution in [0.2, 0.25) is 0 Å². The van der Waals surface area contributed by atoms with Crippen LogP contribution in [0.25, 0.3) is 0 Å². The van der Waals surface area contributed by atoms with Gasteiger partial charge in [-0.1, -0.05) is 23.8 Å². The third-order valence-electron chi connectivity index (χ3n) is 1.53. The molecule has 1 aromatic carbocycles. The average molecular weight is 208 g/mol. The van der Waals surface area contributed by atoms with E-state index in [-0.39, 0.29) is 0 Å². The summed E-state index contributed by atoms with van der Waals surface area (Å²) in [7, 11) is 0. The molecule has 15 heavy (non-hydrogen) atoms. The molecule has 82 valence electrons. The number of carboxylic acids is 1. The Labute approximate surface area is 89.7 Å². The first-order valence-electron chi connectivity index (χ1n) is 4.56. The molecule has 0 radical (unpaired) electrons. The lowest BCUT2D eigenvalue weighted by atomic mass is 10.2. The number of benzene rings is 1. The van der Waals surface area contributed by atoms with Gasteiger partial charge in [0.15, 0.2) is 0 Å². The number of hydrogen-bond acceptors (Lipinski definition) is 2. The van der Waals surface area contributed by atoms with Gasteiger partial charge >= 0.3 is 5.97 Å². The molecule has 0 aliphatic rings. The minimum atomic E-state index is -0.875. The maximum Gasteiger partial charge on any atom is 0.328 e. The number of hydrogen-bond donors (Lipinski definition) is 2. The van der Waals surface area contributed by atoms with Gasteiger partial charge in [0.25, 0.3) is 0 Å². The van der Waals surface area contributed by atoms with Crippen LogP contribution < -0.4 is 0 Å². The highest BCUT2D eigenvalue weighted by atomic mass is 16.4. The van der Waals surface area contributed by atoms with Gasteiger partial charge in [-0.2, -0.15) is 0 Å². The highest BCUT2D eigenvalue weighted by Crippen LogP contribution is 2.12. The minimum Gasteiger partial charge on any atom is -0.508 e. The van der Waals surface area contributed by atoms with E-state index in [0.29, 0.717) is 5.75 Å². The van der Waals surface area contributed by atoms with E-state index in [1.165, 1.54) is 6.08 Å². The van der Waals surface area contributed by atoms with Crippen molar-refractivity contribution in [1.82, 2.24) is 0 Å². The first-order chi connectivity index (χ1) is 6.93. The smallest absolute Gasteiger partial charge is 0.328 e. The average Bonchev–Trinajstić information content (AvgIpc) is 2.08. The van der Waals surface area contributed by atoms with Gasteiger partial charge < -0.3 is 10.2 Å². The van der Waals surface area contributed by atoms with Crippen molar-refractivity contribution in [3.05, 3.63) is 41.5 Å². The largest absolute Gasteiger partial charge is 0.508 e. The zero-order valence-corrected chi connectivity index (χ0v) is 9.19. The second-order valence-electron chi connectivity index (χ2n) is 3.35. The van der Waals surface area contributed by atoms with E-state index in [4.69, 9.17) is 10.2 Å². The number of phenolic OH excluding ortho intramolecular Hbond substituents is 1. The number of carboxylic acid groups (broad SMARTS) is 1. The fraction of sp³-hybridized carbons (Fsp3) is 0.250. The number of aromatic hydroxyl groups is 1. The summed E-state index contributed by atoms with van der Waals surface area (Å²) in [6.07, 6.45) is 1.17. The first-order valence-corrected chi connectivity index (χ1v) is 4.56. The van der Waals surface area contributed by atoms with Crippen LogP contribution in [0.5, 0.6) is 5.75 Å². The third kappa shape index (κ3) is 7.31. The molecule has 1 rings (SSSR count). The van der Waals surface area contributed by atoms with Crippen molar-refractivity contribution in [1.29, 1.82) is 0 Å². The second-order valence-corrected chi connectivity index (χ2v) is 3.35. The van der Waals surface area contributed by atoms with Crippen molar-refractivity contribution >= 4 is 5.97 Å². The number of allylic oxidation sites excluding steroid dienone is 1. The molecule has 0 aliphatic heterocycles. The molecule has 3 heteroatoms. The van der Waals surface area contributed by atoms with Gasteiger partial charge in [0.2, 0.25) is 0 Å². The van der Waals surface area contributed by atoms with E-state index in [2.05, 4.69) is 0 Å². The van der Waals surface area contributed by atoms with Crippen LogP contribution in [0.1, 0.15) is 19.4 Å². The Morgan fingerprint density at radius 2 is 1.80 bits per heavy atom. The quantitative estimate of drug-likeness (QED) is 0.698. The van der Waals surface area contributed by atoms with Gasteiger partial charge in [0, 0.05) is 6.08 Å². The Bertz CT molecular complexity index is 329. The summed E-state index contributed by atoms with van der Waals surface area (Å²) in [6, 6.07) is 7.25. The lowest BCUT2D eigenvalue weighted by Gasteiger charge is -1.92. The molecular formula is C12H16O3. The normalized spacial score (nSPS) is 8.47. The van der Waals surface area contributed by atoms with Gasteiger partial charge in [-0.05, 0) is 32.4 Å². The van der Waals surface area contributed by atoms with Crippen LogP contribution in [0.15, 0.2) is 35.9 Å². The van der Waals surface area contributed by atoms with Crippen molar-refractivity contribution in [2.75, 3.05) is 0 Å².